The highest BCUT2D eigenvalue weighted by molar-refractivity contribution is 5.88. The Morgan fingerprint density at radius 2 is 1.73 bits per heavy atom. The van der Waals surface area contributed by atoms with Crippen LogP contribution in [0, 0.1) is 0 Å². The van der Waals surface area contributed by atoms with E-state index in [1.165, 1.54) is 0 Å². The van der Waals surface area contributed by atoms with Gasteiger partial charge in [-0.15, -0.1) is 24.8 Å². The van der Waals surface area contributed by atoms with Crippen molar-refractivity contribution in [1.29, 1.82) is 0 Å². The predicted octanol–water partition coefficient (Wildman–Crippen LogP) is 2.94. The molecule has 0 aliphatic carbocycles. The van der Waals surface area contributed by atoms with Gasteiger partial charge in [-0.25, -0.2) is 14.8 Å². The molecule has 0 amide bonds. The number of aromatic carboxylic acids is 1. The van der Waals surface area contributed by atoms with Gasteiger partial charge in [0.1, 0.15) is 5.82 Å². The van der Waals surface area contributed by atoms with Gasteiger partial charge in [0.15, 0.2) is 0 Å². The SMILES string of the molecule is CC(c1ccc2c(c1)nc(-c1ccc(C(=O)O)cc1)n2C)n1ccnc1.Cl.Cl.O.O. The molecule has 2 heterocycles. The van der Waals surface area contributed by atoms with E-state index in [-0.39, 0.29) is 47.4 Å². The molecule has 2 aromatic heterocycles. The maximum Gasteiger partial charge on any atom is 0.335 e. The number of halogens is 2. The van der Waals surface area contributed by atoms with Gasteiger partial charge in [-0.05, 0) is 36.8 Å². The van der Waals surface area contributed by atoms with E-state index in [2.05, 4.69) is 34.7 Å². The zero-order valence-corrected chi connectivity index (χ0v) is 17.9. The molecule has 0 saturated carbocycles. The summed E-state index contributed by atoms with van der Waals surface area (Å²) in [5, 5.41) is 9.05. The summed E-state index contributed by atoms with van der Waals surface area (Å²) in [6.45, 7) is 2.12. The van der Waals surface area contributed by atoms with Gasteiger partial charge in [0.25, 0.3) is 0 Å². The van der Waals surface area contributed by atoms with Crippen molar-refractivity contribution >= 4 is 41.8 Å². The number of aryl methyl sites for hydroxylation is 1. The molecule has 8 nitrogen and oxygen atoms in total. The van der Waals surface area contributed by atoms with Crippen LogP contribution in [0.4, 0.5) is 0 Å². The summed E-state index contributed by atoms with van der Waals surface area (Å²) < 4.78 is 4.08. The molecular formula is C20H24Cl2N4O4. The standard InChI is InChI=1S/C20H18N4O2.2ClH.2H2O/c1-13(24-10-9-21-12-24)16-7-8-18-17(11-16)22-19(23(18)2)14-3-5-15(6-4-14)20(25)26;;;;/h3-13H,1-2H3,(H,25,26);2*1H;2*1H2. The van der Waals surface area contributed by atoms with Gasteiger partial charge in [-0.3, -0.25) is 0 Å². The van der Waals surface area contributed by atoms with Crippen LogP contribution in [0.2, 0.25) is 0 Å². The molecule has 0 radical (unpaired) electrons. The van der Waals surface area contributed by atoms with Crippen molar-refractivity contribution in [3.63, 3.8) is 0 Å². The van der Waals surface area contributed by atoms with Crippen LogP contribution in [-0.4, -0.2) is 41.1 Å². The minimum Gasteiger partial charge on any atom is -0.478 e. The molecule has 0 fully saturated rings. The summed E-state index contributed by atoms with van der Waals surface area (Å²) in [7, 11) is 1.97. The molecule has 10 heteroatoms. The first-order chi connectivity index (χ1) is 12.5. The molecule has 0 spiro atoms. The van der Waals surface area contributed by atoms with Crippen molar-refractivity contribution in [2.45, 2.75) is 13.0 Å². The summed E-state index contributed by atoms with van der Waals surface area (Å²) in [5.41, 5.74) is 4.25. The molecule has 5 N–H and O–H groups in total. The van der Waals surface area contributed by atoms with Crippen LogP contribution >= 0.6 is 24.8 Å². The number of imidazole rings is 2. The lowest BCUT2D eigenvalue weighted by molar-refractivity contribution is 0.0697. The summed E-state index contributed by atoms with van der Waals surface area (Å²) in [4.78, 5) is 19.9. The minimum atomic E-state index is -0.931. The van der Waals surface area contributed by atoms with Gasteiger partial charge in [0.05, 0.1) is 29.0 Å². The third-order valence-corrected chi connectivity index (χ3v) is 4.75. The lowest BCUT2D eigenvalue weighted by Crippen LogP contribution is -2.04. The van der Waals surface area contributed by atoms with Crippen LogP contribution in [0.5, 0.6) is 0 Å². The summed E-state index contributed by atoms with van der Waals surface area (Å²) >= 11 is 0. The highest BCUT2D eigenvalue weighted by Crippen LogP contribution is 2.27. The van der Waals surface area contributed by atoms with Gasteiger partial charge < -0.3 is 25.2 Å². The molecular weight excluding hydrogens is 431 g/mol. The number of fused-ring (bicyclic) bond motifs is 1. The topological polar surface area (TPSA) is 136 Å². The molecule has 1 atom stereocenters. The number of benzene rings is 2. The van der Waals surface area contributed by atoms with E-state index < -0.39 is 5.97 Å². The number of hydrogen-bond acceptors (Lipinski definition) is 3. The van der Waals surface area contributed by atoms with E-state index in [4.69, 9.17) is 10.1 Å². The van der Waals surface area contributed by atoms with E-state index in [0.717, 1.165) is 28.0 Å². The van der Waals surface area contributed by atoms with Gasteiger partial charge in [-0.2, -0.15) is 0 Å². The highest BCUT2D eigenvalue weighted by atomic mass is 35.5. The van der Waals surface area contributed by atoms with Crippen molar-refractivity contribution < 1.29 is 20.9 Å². The Morgan fingerprint density at radius 1 is 1.07 bits per heavy atom. The van der Waals surface area contributed by atoms with Crippen LogP contribution in [0.15, 0.2) is 61.2 Å². The number of nitrogens with zero attached hydrogens (tertiary/aromatic N) is 4. The van der Waals surface area contributed by atoms with Crippen molar-refractivity contribution in [2.24, 2.45) is 7.05 Å². The second-order valence-corrected chi connectivity index (χ2v) is 6.31. The molecule has 1 unspecified atom stereocenters. The molecule has 0 bridgehead atoms. The molecule has 0 aliphatic rings. The maximum absolute atomic E-state index is 11.0. The monoisotopic (exact) mass is 454 g/mol. The lowest BCUT2D eigenvalue weighted by Gasteiger charge is -2.13. The van der Waals surface area contributed by atoms with E-state index in [0.29, 0.717) is 0 Å². The molecule has 30 heavy (non-hydrogen) atoms. The Bertz CT molecular complexity index is 1100. The summed E-state index contributed by atoms with van der Waals surface area (Å²) in [6.07, 6.45) is 5.53. The van der Waals surface area contributed by atoms with Crippen LogP contribution in [-0.2, 0) is 7.05 Å². The van der Waals surface area contributed by atoms with E-state index in [1.807, 2.05) is 24.1 Å². The average Bonchev–Trinajstić information content (AvgIpc) is 3.29. The average molecular weight is 455 g/mol. The van der Waals surface area contributed by atoms with Crippen molar-refractivity contribution in [3.8, 4) is 11.4 Å². The van der Waals surface area contributed by atoms with Gasteiger partial charge >= 0.3 is 5.97 Å². The first-order valence-corrected chi connectivity index (χ1v) is 8.32. The van der Waals surface area contributed by atoms with Crippen molar-refractivity contribution in [1.82, 2.24) is 19.1 Å². The van der Waals surface area contributed by atoms with Crippen LogP contribution < -0.4 is 0 Å². The molecule has 162 valence electrons. The quantitative estimate of drug-likeness (QED) is 0.506. The normalized spacial score (nSPS) is 10.7. The third kappa shape index (κ3) is 4.80. The zero-order valence-electron chi connectivity index (χ0n) is 16.3. The Morgan fingerprint density at radius 3 is 2.30 bits per heavy atom. The zero-order chi connectivity index (χ0) is 18.3. The molecule has 0 aliphatic heterocycles. The van der Waals surface area contributed by atoms with Crippen LogP contribution in [0.25, 0.3) is 22.4 Å². The fourth-order valence-electron chi connectivity index (χ4n) is 3.17. The Balaban J connectivity index is 0.00000210. The first-order valence-electron chi connectivity index (χ1n) is 8.32. The maximum atomic E-state index is 11.0. The first kappa shape index (κ1) is 27.1. The summed E-state index contributed by atoms with van der Waals surface area (Å²) in [6, 6.07) is 13.2. The molecule has 4 aromatic rings. The Hall–Kier alpha value is -2.91. The fraction of sp³-hybridized carbons (Fsp3) is 0.150. The lowest BCUT2D eigenvalue weighted by atomic mass is 10.1. The van der Waals surface area contributed by atoms with Crippen molar-refractivity contribution in [2.75, 3.05) is 0 Å². The number of aromatic nitrogens is 4. The number of carbonyl (C=O) groups is 1. The number of rotatable bonds is 4. The third-order valence-electron chi connectivity index (χ3n) is 4.75. The molecule has 2 aromatic carbocycles. The second kappa shape index (κ2) is 10.7. The molecule has 0 saturated heterocycles. The van der Waals surface area contributed by atoms with E-state index in [1.54, 1.807) is 30.5 Å². The minimum absolute atomic E-state index is 0. The number of hydrogen-bond donors (Lipinski definition) is 1. The number of carboxylic acids is 1. The number of carboxylic acid groups (broad SMARTS) is 1. The second-order valence-electron chi connectivity index (χ2n) is 6.31. The Labute approximate surface area is 185 Å². The highest BCUT2D eigenvalue weighted by Gasteiger charge is 2.14. The van der Waals surface area contributed by atoms with E-state index in [9.17, 15) is 4.79 Å². The van der Waals surface area contributed by atoms with Crippen LogP contribution in [0.1, 0.15) is 28.9 Å². The molecule has 4 rings (SSSR count). The van der Waals surface area contributed by atoms with Crippen LogP contribution in [0.3, 0.4) is 0 Å². The van der Waals surface area contributed by atoms with Crippen molar-refractivity contribution in [3.05, 3.63) is 72.3 Å². The Kier molecular flexibility index (Phi) is 9.71. The fourth-order valence-corrected chi connectivity index (χ4v) is 3.17. The van der Waals surface area contributed by atoms with Gasteiger partial charge in [0.2, 0.25) is 0 Å². The smallest absolute Gasteiger partial charge is 0.335 e. The van der Waals surface area contributed by atoms with Gasteiger partial charge in [0, 0.05) is 25.0 Å². The predicted molar refractivity (Wildman–Crippen MR) is 121 cm³/mol. The van der Waals surface area contributed by atoms with Gasteiger partial charge in [-0.1, -0.05) is 18.2 Å². The summed E-state index contributed by atoms with van der Waals surface area (Å²) in [5.74, 6) is -0.121. The largest absolute Gasteiger partial charge is 0.478 e. The van der Waals surface area contributed by atoms with E-state index >= 15 is 0 Å².